The van der Waals surface area contributed by atoms with E-state index in [1.807, 2.05) is 18.2 Å². The summed E-state index contributed by atoms with van der Waals surface area (Å²) in [4.78, 5) is 4.09. The van der Waals surface area contributed by atoms with Crippen molar-refractivity contribution >= 4 is 0 Å². The molecule has 0 saturated carbocycles. The van der Waals surface area contributed by atoms with Crippen molar-refractivity contribution in [1.29, 1.82) is 0 Å². The van der Waals surface area contributed by atoms with Crippen LogP contribution in [0.25, 0.3) is 0 Å². The number of rotatable bonds is 4. The van der Waals surface area contributed by atoms with Crippen molar-refractivity contribution in [2.24, 2.45) is 5.73 Å². The predicted molar refractivity (Wildman–Crippen MR) is 53.6 cm³/mol. The average Bonchev–Trinajstić information content (AvgIpc) is 2.19. The van der Waals surface area contributed by atoms with E-state index in [4.69, 9.17) is 10.8 Å². The second kappa shape index (κ2) is 4.50. The molecule has 0 bridgehead atoms. The fraction of sp³-hybridized carbons (Fsp3) is 0.500. The number of pyridine rings is 1. The van der Waals surface area contributed by atoms with Crippen LogP contribution in [0, 0.1) is 0 Å². The van der Waals surface area contributed by atoms with Crippen LogP contribution < -0.4 is 5.73 Å². The maximum absolute atomic E-state index is 9.65. The van der Waals surface area contributed by atoms with Crippen LogP contribution in [0.3, 0.4) is 0 Å². The van der Waals surface area contributed by atoms with Gasteiger partial charge in [-0.05, 0) is 19.1 Å². The van der Waals surface area contributed by atoms with Crippen LogP contribution in [0.2, 0.25) is 0 Å². The first kappa shape index (κ1) is 11.1. The van der Waals surface area contributed by atoms with Gasteiger partial charge in [-0.25, -0.2) is 0 Å². The average molecular weight is 196 g/mol. The fourth-order valence-corrected chi connectivity index (χ4v) is 1.08. The van der Waals surface area contributed by atoms with Gasteiger partial charge in [-0.2, -0.15) is 0 Å². The summed E-state index contributed by atoms with van der Waals surface area (Å²) < 4.78 is 0. The molecule has 1 aromatic heterocycles. The van der Waals surface area contributed by atoms with Gasteiger partial charge in [-0.3, -0.25) is 4.98 Å². The Morgan fingerprint density at radius 2 is 2.29 bits per heavy atom. The molecule has 0 spiro atoms. The zero-order valence-corrected chi connectivity index (χ0v) is 8.22. The van der Waals surface area contributed by atoms with E-state index in [-0.39, 0.29) is 6.61 Å². The topological polar surface area (TPSA) is 79.4 Å². The van der Waals surface area contributed by atoms with Gasteiger partial charge in [-0.15, -0.1) is 0 Å². The third kappa shape index (κ3) is 2.77. The molecule has 1 rings (SSSR count). The highest BCUT2D eigenvalue weighted by molar-refractivity contribution is 5.07. The number of aliphatic hydroxyl groups excluding tert-OH is 1. The maximum atomic E-state index is 9.65. The third-order valence-electron chi connectivity index (χ3n) is 2.27. The zero-order chi connectivity index (χ0) is 10.6. The van der Waals surface area contributed by atoms with Crippen molar-refractivity contribution in [3.8, 4) is 0 Å². The lowest BCUT2D eigenvalue weighted by Crippen LogP contribution is -2.49. The van der Waals surface area contributed by atoms with E-state index in [1.54, 1.807) is 6.20 Å². The Hall–Kier alpha value is -0.970. The van der Waals surface area contributed by atoms with E-state index in [0.717, 1.165) is 5.69 Å². The lowest BCUT2D eigenvalue weighted by atomic mass is 9.94. The summed E-state index contributed by atoms with van der Waals surface area (Å²) in [5, 5.41) is 18.5. The van der Waals surface area contributed by atoms with Crippen LogP contribution in [0.5, 0.6) is 0 Å². The molecule has 1 unspecified atom stereocenters. The summed E-state index contributed by atoms with van der Waals surface area (Å²) in [6, 6.07) is 5.01. The van der Waals surface area contributed by atoms with Crippen LogP contribution >= 0.6 is 0 Å². The van der Waals surface area contributed by atoms with Crippen molar-refractivity contribution < 1.29 is 10.2 Å². The number of hydrogen-bond donors (Lipinski definition) is 3. The highest BCUT2D eigenvalue weighted by Crippen LogP contribution is 2.10. The normalized spacial score (nSPS) is 17.4. The zero-order valence-electron chi connectivity index (χ0n) is 8.22. The molecule has 0 aliphatic rings. The van der Waals surface area contributed by atoms with Crippen molar-refractivity contribution in [3.05, 3.63) is 30.1 Å². The van der Waals surface area contributed by atoms with E-state index in [1.165, 1.54) is 6.92 Å². The molecule has 1 heterocycles. The molecular formula is C10H16N2O2. The van der Waals surface area contributed by atoms with Gasteiger partial charge in [0.25, 0.3) is 0 Å². The molecule has 4 heteroatoms. The van der Waals surface area contributed by atoms with Gasteiger partial charge in [0.1, 0.15) is 5.60 Å². The first-order valence-corrected chi connectivity index (χ1v) is 4.55. The number of hydrogen-bond acceptors (Lipinski definition) is 4. The highest BCUT2D eigenvalue weighted by Gasteiger charge is 2.28. The van der Waals surface area contributed by atoms with Crippen LogP contribution in [-0.2, 0) is 6.42 Å². The summed E-state index contributed by atoms with van der Waals surface area (Å²) >= 11 is 0. The quantitative estimate of drug-likeness (QED) is 0.617. The summed E-state index contributed by atoms with van der Waals surface area (Å²) in [5.41, 5.74) is 5.31. The molecule has 0 saturated heterocycles. The number of aliphatic hydroxyl groups is 2. The Kier molecular flexibility index (Phi) is 3.57. The lowest BCUT2D eigenvalue weighted by molar-refractivity contribution is -0.0191. The molecule has 14 heavy (non-hydrogen) atoms. The van der Waals surface area contributed by atoms with E-state index >= 15 is 0 Å². The maximum Gasteiger partial charge on any atom is 0.100 e. The number of nitrogens with two attached hydrogens (primary N) is 1. The Balaban J connectivity index is 2.62. The van der Waals surface area contributed by atoms with E-state index in [2.05, 4.69) is 4.98 Å². The van der Waals surface area contributed by atoms with Gasteiger partial charge in [0, 0.05) is 24.4 Å². The molecule has 4 N–H and O–H groups in total. The van der Waals surface area contributed by atoms with Gasteiger partial charge in [0.2, 0.25) is 0 Å². The summed E-state index contributed by atoms with van der Waals surface area (Å²) in [6.45, 7) is 1.17. The monoisotopic (exact) mass is 196 g/mol. The SMILES string of the molecule is CC(O)(CO)[C@H](N)Cc1ccccn1. The van der Waals surface area contributed by atoms with Gasteiger partial charge in [0.05, 0.1) is 6.61 Å². The van der Waals surface area contributed by atoms with Gasteiger partial charge < -0.3 is 15.9 Å². The van der Waals surface area contributed by atoms with Crippen molar-refractivity contribution in [2.75, 3.05) is 6.61 Å². The lowest BCUT2D eigenvalue weighted by Gasteiger charge is -2.27. The molecule has 78 valence electrons. The first-order valence-electron chi connectivity index (χ1n) is 4.55. The van der Waals surface area contributed by atoms with Crippen LogP contribution in [0.15, 0.2) is 24.4 Å². The van der Waals surface area contributed by atoms with Gasteiger partial charge in [0.15, 0.2) is 0 Å². The molecule has 0 fully saturated rings. The summed E-state index contributed by atoms with van der Waals surface area (Å²) in [5.74, 6) is 0. The Labute approximate surface area is 83.4 Å². The minimum absolute atomic E-state index is 0.346. The predicted octanol–water partition coefficient (Wildman–Crippen LogP) is -0.305. The number of aromatic nitrogens is 1. The molecule has 0 aliphatic carbocycles. The first-order chi connectivity index (χ1) is 6.56. The molecule has 4 nitrogen and oxygen atoms in total. The molecule has 0 amide bonds. The Morgan fingerprint density at radius 1 is 1.57 bits per heavy atom. The molecule has 2 atom stereocenters. The van der Waals surface area contributed by atoms with Crippen LogP contribution in [-0.4, -0.2) is 33.4 Å². The second-order valence-electron chi connectivity index (χ2n) is 3.65. The summed E-state index contributed by atoms with van der Waals surface area (Å²) in [6.07, 6.45) is 2.13. The van der Waals surface area contributed by atoms with Crippen molar-refractivity contribution in [2.45, 2.75) is 25.0 Å². The van der Waals surface area contributed by atoms with Crippen molar-refractivity contribution in [3.63, 3.8) is 0 Å². The molecule has 0 aliphatic heterocycles. The second-order valence-corrected chi connectivity index (χ2v) is 3.65. The molecule has 0 radical (unpaired) electrons. The highest BCUT2D eigenvalue weighted by atomic mass is 16.3. The molecule has 1 aromatic rings. The van der Waals surface area contributed by atoms with E-state index < -0.39 is 11.6 Å². The summed E-state index contributed by atoms with van der Waals surface area (Å²) in [7, 11) is 0. The van der Waals surface area contributed by atoms with Crippen LogP contribution in [0.1, 0.15) is 12.6 Å². The fourth-order valence-electron chi connectivity index (χ4n) is 1.08. The van der Waals surface area contributed by atoms with Gasteiger partial charge >= 0.3 is 0 Å². The smallest absolute Gasteiger partial charge is 0.100 e. The van der Waals surface area contributed by atoms with Gasteiger partial charge in [-0.1, -0.05) is 6.07 Å². The Bertz CT molecular complexity index is 275. The Morgan fingerprint density at radius 3 is 2.79 bits per heavy atom. The van der Waals surface area contributed by atoms with Crippen LogP contribution in [0.4, 0.5) is 0 Å². The third-order valence-corrected chi connectivity index (χ3v) is 2.27. The minimum Gasteiger partial charge on any atom is -0.393 e. The molecule has 0 aromatic carbocycles. The number of nitrogens with zero attached hydrogens (tertiary/aromatic N) is 1. The van der Waals surface area contributed by atoms with Crippen molar-refractivity contribution in [1.82, 2.24) is 4.98 Å². The minimum atomic E-state index is -1.25. The van der Waals surface area contributed by atoms with E-state index in [0.29, 0.717) is 6.42 Å². The molecular weight excluding hydrogens is 180 g/mol. The largest absolute Gasteiger partial charge is 0.393 e. The standard InChI is InChI=1S/C10H16N2O2/c1-10(14,7-13)9(11)6-8-4-2-3-5-12-8/h2-5,9,13-14H,6-7,11H2,1H3/t9-,10?/m1/s1. The van der Waals surface area contributed by atoms with E-state index in [9.17, 15) is 5.11 Å².